The molecule has 0 radical (unpaired) electrons. The van der Waals surface area contributed by atoms with E-state index in [1.54, 1.807) is 28.2 Å². The number of hydrogen-bond donors (Lipinski definition) is 0. The molecule has 0 spiro atoms. The average molecular weight is 421 g/mol. The van der Waals surface area contributed by atoms with Gasteiger partial charge in [-0.1, -0.05) is 30.3 Å². The van der Waals surface area contributed by atoms with Crippen LogP contribution in [-0.4, -0.2) is 35.2 Å². The summed E-state index contributed by atoms with van der Waals surface area (Å²) in [5.74, 6) is 0.0340. The molecule has 4 nitrogen and oxygen atoms in total. The van der Waals surface area contributed by atoms with Gasteiger partial charge in [-0.25, -0.2) is 0 Å². The van der Waals surface area contributed by atoms with Crippen molar-refractivity contribution in [3.05, 3.63) is 56.7 Å². The Labute approximate surface area is 160 Å². The minimum Gasteiger partial charge on any atom is -0.339 e. The maximum absolute atomic E-state index is 13.2. The zero-order valence-electron chi connectivity index (χ0n) is 14.2. The van der Waals surface area contributed by atoms with Crippen molar-refractivity contribution < 1.29 is 9.59 Å². The first kappa shape index (κ1) is 18.1. The van der Waals surface area contributed by atoms with Crippen LogP contribution in [0, 0.1) is 0 Å². The summed E-state index contributed by atoms with van der Waals surface area (Å²) in [4.78, 5) is 30.3. The van der Waals surface area contributed by atoms with Gasteiger partial charge in [-0.2, -0.15) is 0 Å². The lowest BCUT2D eigenvalue weighted by atomic mass is 10.00. The van der Waals surface area contributed by atoms with Gasteiger partial charge in [0, 0.05) is 34.7 Å². The van der Waals surface area contributed by atoms with Crippen LogP contribution in [0.15, 0.2) is 46.3 Å². The number of likely N-dealkylation sites (N-methyl/N-ethyl adjacent to an activating group) is 1. The normalized spacial score (nSPS) is 15.9. The van der Waals surface area contributed by atoms with Gasteiger partial charge in [0.1, 0.15) is 6.04 Å². The van der Waals surface area contributed by atoms with Crippen LogP contribution in [0.4, 0.5) is 0 Å². The molecule has 1 fully saturated rings. The second-order valence-electron chi connectivity index (χ2n) is 6.28. The van der Waals surface area contributed by atoms with Gasteiger partial charge in [-0.3, -0.25) is 9.59 Å². The number of likely N-dealkylation sites (tertiary alicyclic amines) is 1. The van der Waals surface area contributed by atoms with Crippen LogP contribution in [0.2, 0.25) is 0 Å². The van der Waals surface area contributed by atoms with Gasteiger partial charge in [0.15, 0.2) is 0 Å². The highest BCUT2D eigenvalue weighted by molar-refractivity contribution is 9.10. The van der Waals surface area contributed by atoms with Crippen LogP contribution in [-0.2, 0) is 16.1 Å². The minimum absolute atomic E-state index is 0.0361. The van der Waals surface area contributed by atoms with Crippen molar-refractivity contribution >= 4 is 39.1 Å². The second kappa shape index (κ2) is 8.15. The minimum atomic E-state index is -0.539. The zero-order chi connectivity index (χ0) is 17.8. The highest BCUT2D eigenvalue weighted by atomic mass is 79.9. The third kappa shape index (κ3) is 4.30. The molecule has 1 atom stereocenters. The summed E-state index contributed by atoms with van der Waals surface area (Å²) < 4.78 is 1.03. The van der Waals surface area contributed by atoms with Crippen LogP contribution < -0.4 is 0 Å². The molecule has 3 rings (SSSR count). The Hall–Kier alpha value is -1.66. The average Bonchev–Trinajstić information content (AvgIpc) is 3.02. The van der Waals surface area contributed by atoms with Crippen molar-refractivity contribution in [2.75, 3.05) is 13.6 Å². The van der Waals surface area contributed by atoms with Gasteiger partial charge < -0.3 is 9.80 Å². The van der Waals surface area contributed by atoms with Crippen molar-refractivity contribution in [2.45, 2.75) is 31.8 Å². The Balaban J connectivity index is 1.85. The lowest BCUT2D eigenvalue weighted by Gasteiger charge is -2.36. The lowest BCUT2D eigenvalue weighted by molar-refractivity contribution is -0.147. The highest BCUT2D eigenvalue weighted by Crippen LogP contribution is 2.28. The predicted octanol–water partition coefficient (Wildman–Crippen LogP) is 4.22. The third-order valence-electron chi connectivity index (χ3n) is 4.41. The molecule has 6 heteroatoms. The maximum atomic E-state index is 13.2. The molecule has 0 aliphatic carbocycles. The van der Waals surface area contributed by atoms with E-state index in [9.17, 15) is 9.59 Å². The maximum Gasteiger partial charge on any atom is 0.250 e. The summed E-state index contributed by atoms with van der Waals surface area (Å²) in [7, 11) is 1.81. The smallest absolute Gasteiger partial charge is 0.250 e. The number of carbonyl (C=O) groups is 2. The number of halogens is 1. The highest BCUT2D eigenvalue weighted by Gasteiger charge is 2.34. The van der Waals surface area contributed by atoms with Gasteiger partial charge in [-0.05, 0) is 40.4 Å². The van der Waals surface area contributed by atoms with Crippen LogP contribution in [0.1, 0.15) is 35.7 Å². The molecule has 0 N–H and O–H groups in total. The van der Waals surface area contributed by atoms with E-state index < -0.39 is 6.04 Å². The monoisotopic (exact) mass is 420 g/mol. The van der Waals surface area contributed by atoms with E-state index in [2.05, 4.69) is 15.9 Å². The number of benzene rings is 1. The number of piperidine rings is 1. The van der Waals surface area contributed by atoms with Crippen LogP contribution in [0.3, 0.4) is 0 Å². The first-order valence-corrected chi connectivity index (χ1v) is 10.1. The summed E-state index contributed by atoms with van der Waals surface area (Å²) in [6, 6.07) is 11.1. The summed E-state index contributed by atoms with van der Waals surface area (Å²) in [5, 5.41) is 2.01. The van der Waals surface area contributed by atoms with Crippen molar-refractivity contribution in [2.24, 2.45) is 0 Å². The van der Waals surface area contributed by atoms with Crippen molar-refractivity contribution in [3.63, 3.8) is 0 Å². The number of rotatable bonds is 5. The number of carbonyl (C=O) groups excluding carboxylic acids is 2. The van der Waals surface area contributed by atoms with Crippen LogP contribution in [0.5, 0.6) is 0 Å². The Kier molecular flexibility index (Phi) is 5.91. The zero-order valence-corrected chi connectivity index (χ0v) is 16.6. The van der Waals surface area contributed by atoms with E-state index in [1.807, 2.05) is 41.8 Å². The van der Waals surface area contributed by atoms with E-state index >= 15 is 0 Å². The van der Waals surface area contributed by atoms with Crippen molar-refractivity contribution in [1.29, 1.82) is 0 Å². The molecular weight excluding hydrogens is 400 g/mol. The standard InChI is InChI=1S/C19H21BrN2O2S/c1-21(12-16-11-15(20)13-25-16)19(24)18(14-7-3-2-4-8-14)22-10-6-5-9-17(22)23/h2-4,7-8,11,13,18H,5-6,9-10,12H2,1H3. The fourth-order valence-corrected chi connectivity index (χ4v) is 4.65. The topological polar surface area (TPSA) is 40.6 Å². The molecule has 2 heterocycles. The number of nitrogens with zero attached hydrogens (tertiary/aromatic N) is 2. The third-order valence-corrected chi connectivity index (χ3v) is 6.09. The molecule has 1 aliphatic heterocycles. The summed E-state index contributed by atoms with van der Waals surface area (Å²) in [5.41, 5.74) is 0.877. The van der Waals surface area contributed by atoms with Crippen molar-refractivity contribution in [3.8, 4) is 0 Å². The molecule has 1 aromatic heterocycles. The molecule has 2 aromatic rings. The van der Waals surface area contributed by atoms with Crippen molar-refractivity contribution in [1.82, 2.24) is 9.80 Å². The number of hydrogen-bond acceptors (Lipinski definition) is 3. The summed E-state index contributed by atoms with van der Waals surface area (Å²) in [6.45, 7) is 1.18. The van der Waals surface area contributed by atoms with Gasteiger partial charge in [-0.15, -0.1) is 11.3 Å². The molecule has 2 amide bonds. The lowest BCUT2D eigenvalue weighted by Crippen LogP contribution is -2.46. The first-order valence-electron chi connectivity index (χ1n) is 8.38. The summed E-state index contributed by atoms with van der Waals surface area (Å²) >= 11 is 5.07. The molecule has 1 aliphatic rings. The molecule has 1 aromatic carbocycles. The largest absolute Gasteiger partial charge is 0.339 e. The van der Waals surface area contributed by atoms with E-state index in [4.69, 9.17) is 0 Å². The molecular formula is C19H21BrN2O2S. The van der Waals surface area contributed by atoms with E-state index in [0.29, 0.717) is 19.5 Å². The molecule has 0 bridgehead atoms. The van der Waals surface area contributed by atoms with E-state index in [0.717, 1.165) is 27.8 Å². The fourth-order valence-electron chi connectivity index (χ4n) is 3.15. The Bertz CT molecular complexity index is 747. The Morgan fingerprint density at radius 1 is 1.32 bits per heavy atom. The quantitative estimate of drug-likeness (QED) is 0.725. The van der Waals surface area contributed by atoms with Crippen LogP contribution in [0.25, 0.3) is 0 Å². The molecule has 1 unspecified atom stereocenters. The molecule has 132 valence electrons. The number of amides is 2. The second-order valence-corrected chi connectivity index (χ2v) is 8.19. The van der Waals surface area contributed by atoms with Crippen LogP contribution >= 0.6 is 27.3 Å². The molecule has 25 heavy (non-hydrogen) atoms. The van der Waals surface area contributed by atoms with Gasteiger partial charge in [0.25, 0.3) is 0 Å². The summed E-state index contributed by atoms with van der Waals surface area (Å²) in [6.07, 6.45) is 2.38. The Morgan fingerprint density at radius 3 is 2.72 bits per heavy atom. The predicted molar refractivity (Wildman–Crippen MR) is 103 cm³/mol. The molecule has 0 saturated carbocycles. The fraction of sp³-hybridized carbons (Fsp3) is 0.368. The SMILES string of the molecule is CN(Cc1cc(Br)cs1)C(=O)C(c1ccccc1)N1CCCCC1=O. The molecule has 1 saturated heterocycles. The first-order chi connectivity index (χ1) is 12.1. The van der Waals surface area contributed by atoms with E-state index in [-0.39, 0.29) is 11.8 Å². The van der Waals surface area contributed by atoms with Gasteiger partial charge >= 0.3 is 0 Å². The van der Waals surface area contributed by atoms with Gasteiger partial charge in [0.2, 0.25) is 11.8 Å². The van der Waals surface area contributed by atoms with Gasteiger partial charge in [0.05, 0.1) is 6.54 Å². The number of thiophene rings is 1. The van der Waals surface area contributed by atoms with E-state index in [1.165, 1.54) is 0 Å². The Morgan fingerprint density at radius 2 is 2.08 bits per heavy atom.